The largest absolute Gasteiger partial charge is 0.375 e. The zero-order valence-electron chi connectivity index (χ0n) is 29.3. The second-order valence-electron chi connectivity index (χ2n) is 12.2. The van der Waals surface area contributed by atoms with Gasteiger partial charge in [-0.3, -0.25) is 8.98 Å². The van der Waals surface area contributed by atoms with Crippen LogP contribution in [0.4, 0.5) is 0 Å². The van der Waals surface area contributed by atoms with Gasteiger partial charge in [-0.05, 0) is 28.7 Å². The Morgan fingerprint density at radius 2 is 1.09 bits per heavy atom. The zero-order chi connectivity index (χ0) is 38.1. The lowest BCUT2D eigenvalue weighted by Crippen LogP contribution is -2.60. The molecule has 1 amide bonds. The van der Waals surface area contributed by atoms with Gasteiger partial charge in [0, 0.05) is 0 Å². The first-order valence-electron chi connectivity index (χ1n) is 16.9. The molecule has 4 aromatic rings. The van der Waals surface area contributed by atoms with E-state index < -0.39 is 50.3 Å². The molecule has 0 saturated carbocycles. The summed E-state index contributed by atoms with van der Waals surface area (Å²) in [5.41, 5.74) is 3.29. The summed E-state index contributed by atoms with van der Waals surface area (Å²) in [6.45, 7) is 4.07. The van der Waals surface area contributed by atoms with Crippen LogP contribution < -0.4 is 5.32 Å². The predicted octanol–water partition coefficient (Wildman–Crippen LogP) is 7.74. The standard InChI is InChI=1S/C40H44Cl3NO8S/c1-3-16-35(49-26-31-19-10-5-11-20-31)37(52-53(2,46)47)38(51-28-33-23-14-7-15-24-33)36(50-27-32-21-12-6-13-22-32)34(44-39(45)40(41,42)43)29-48-25-30-17-8-4-9-18-30/h3-15,17-24,34-38H,1,16,25-29H2,2H3,(H,44,45)/t34-,35-,36-,37+,38+/m1/s1. The lowest BCUT2D eigenvalue weighted by atomic mass is 9.95. The Balaban J connectivity index is 1.83. The molecule has 0 fully saturated rings. The molecule has 9 nitrogen and oxygen atoms in total. The minimum absolute atomic E-state index is 0.00974. The van der Waals surface area contributed by atoms with Gasteiger partial charge in [0.25, 0.3) is 19.8 Å². The predicted molar refractivity (Wildman–Crippen MR) is 208 cm³/mol. The van der Waals surface area contributed by atoms with Crippen molar-refractivity contribution in [2.45, 2.75) is 67.1 Å². The van der Waals surface area contributed by atoms with Crippen molar-refractivity contribution >= 4 is 50.8 Å². The number of halogens is 3. The monoisotopic (exact) mass is 803 g/mol. The molecule has 4 rings (SSSR count). The first-order valence-corrected chi connectivity index (χ1v) is 19.8. The average Bonchev–Trinajstić information content (AvgIpc) is 3.14. The van der Waals surface area contributed by atoms with Crippen LogP contribution in [0.1, 0.15) is 28.7 Å². The fourth-order valence-electron chi connectivity index (χ4n) is 5.47. The Labute approximate surface area is 327 Å². The van der Waals surface area contributed by atoms with Gasteiger partial charge in [-0.1, -0.05) is 162 Å². The van der Waals surface area contributed by atoms with E-state index in [1.54, 1.807) is 6.08 Å². The van der Waals surface area contributed by atoms with Crippen LogP contribution in [0.3, 0.4) is 0 Å². The van der Waals surface area contributed by atoms with Crippen LogP contribution in [0.5, 0.6) is 0 Å². The summed E-state index contributed by atoms with van der Waals surface area (Å²) >= 11 is 18.2. The quantitative estimate of drug-likeness (QED) is 0.0489. The maximum atomic E-state index is 13.4. The van der Waals surface area contributed by atoms with Gasteiger partial charge >= 0.3 is 0 Å². The molecule has 284 valence electrons. The number of ether oxygens (including phenoxy) is 4. The molecule has 5 atom stereocenters. The number of hydrogen-bond donors (Lipinski definition) is 1. The number of amides is 1. The topological polar surface area (TPSA) is 109 Å². The molecule has 0 spiro atoms. The Morgan fingerprint density at radius 3 is 1.51 bits per heavy atom. The average molecular weight is 805 g/mol. The number of benzene rings is 4. The highest BCUT2D eigenvalue weighted by Crippen LogP contribution is 2.29. The fourth-order valence-corrected chi connectivity index (χ4v) is 6.27. The first-order chi connectivity index (χ1) is 25.4. The van der Waals surface area contributed by atoms with E-state index >= 15 is 0 Å². The Bertz CT molecular complexity index is 1770. The van der Waals surface area contributed by atoms with Crippen molar-refractivity contribution in [2.24, 2.45) is 0 Å². The maximum Gasteiger partial charge on any atom is 0.272 e. The van der Waals surface area contributed by atoms with Crippen molar-refractivity contribution in [3.8, 4) is 0 Å². The van der Waals surface area contributed by atoms with Gasteiger partial charge in [0.05, 0.1) is 51.4 Å². The van der Waals surface area contributed by atoms with Crippen LogP contribution in [0.25, 0.3) is 0 Å². The Hall–Kier alpha value is -3.29. The number of nitrogens with one attached hydrogen (secondary N) is 1. The van der Waals surface area contributed by atoms with Crippen LogP contribution in [0.15, 0.2) is 134 Å². The Kier molecular flexibility index (Phi) is 17.3. The van der Waals surface area contributed by atoms with Gasteiger partial charge < -0.3 is 24.3 Å². The van der Waals surface area contributed by atoms with Gasteiger partial charge in [0.15, 0.2) is 0 Å². The zero-order valence-corrected chi connectivity index (χ0v) is 32.4. The van der Waals surface area contributed by atoms with Gasteiger partial charge in [0.1, 0.15) is 18.3 Å². The van der Waals surface area contributed by atoms with E-state index in [1.807, 2.05) is 121 Å². The first kappa shape index (κ1) is 42.5. The van der Waals surface area contributed by atoms with Crippen molar-refractivity contribution in [3.63, 3.8) is 0 Å². The number of carbonyl (C=O) groups excluding carboxylic acids is 1. The minimum Gasteiger partial charge on any atom is -0.375 e. The molecular formula is C40H44Cl3NO8S. The molecule has 0 radical (unpaired) electrons. The maximum absolute atomic E-state index is 13.4. The third-order valence-electron chi connectivity index (χ3n) is 7.96. The van der Waals surface area contributed by atoms with E-state index in [0.29, 0.717) is 0 Å². The third-order valence-corrected chi connectivity index (χ3v) is 9.04. The van der Waals surface area contributed by atoms with E-state index in [0.717, 1.165) is 28.5 Å². The second-order valence-corrected chi connectivity index (χ2v) is 16.1. The summed E-state index contributed by atoms with van der Waals surface area (Å²) < 4.78 is 55.5. The molecule has 0 unspecified atom stereocenters. The summed E-state index contributed by atoms with van der Waals surface area (Å²) in [6, 6.07) is 36.4. The molecule has 0 saturated heterocycles. The fraction of sp³-hybridized carbons (Fsp3) is 0.325. The van der Waals surface area contributed by atoms with Gasteiger partial charge in [-0.2, -0.15) is 8.42 Å². The smallest absolute Gasteiger partial charge is 0.272 e. The van der Waals surface area contributed by atoms with Gasteiger partial charge in [0.2, 0.25) is 0 Å². The lowest BCUT2D eigenvalue weighted by molar-refractivity contribution is -0.172. The number of carbonyl (C=O) groups is 1. The molecule has 0 aliphatic carbocycles. The molecule has 0 aliphatic heterocycles. The molecule has 1 N–H and O–H groups in total. The molecule has 0 aliphatic rings. The highest BCUT2D eigenvalue weighted by atomic mass is 35.6. The number of hydrogen-bond acceptors (Lipinski definition) is 8. The van der Waals surface area contributed by atoms with Crippen LogP contribution >= 0.6 is 34.8 Å². The van der Waals surface area contributed by atoms with E-state index in [1.165, 1.54) is 0 Å². The van der Waals surface area contributed by atoms with Gasteiger partial charge in [-0.25, -0.2) is 0 Å². The lowest BCUT2D eigenvalue weighted by Gasteiger charge is -2.40. The number of alkyl halides is 3. The van der Waals surface area contributed by atoms with Crippen molar-refractivity contribution in [1.29, 1.82) is 0 Å². The molecule has 53 heavy (non-hydrogen) atoms. The molecule has 0 heterocycles. The molecule has 0 aromatic heterocycles. The molecule has 13 heteroatoms. The van der Waals surface area contributed by atoms with Gasteiger partial charge in [-0.15, -0.1) is 6.58 Å². The van der Waals surface area contributed by atoms with Crippen LogP contribution in [0, 0.1) is 0 Å². The second kappa shape index (κ2) is 21.6. The SMILES string of the molecule is C=CC[C@@H](OCc1ccccc1)[C@H](OS(C)(=O)=O)[C@@H](OCc1ccccc1)[C@H](OCc1ccccc1)[C@@H](COCc1ccccc1)NC(=O)C(Cl)(Cl)Cl. The molecule has 4 aromatic carbocycles. The van der Waals surface area contributed by atoms with Crippen LogP contribution in [-0.4, -0.2) is 61.4 Å². The number of rotatable bonds is 22. The normalized spacial score (nSPS) is 14.8. The van der Waals surface area contributed by atoms with Crippen molar-refractivity contribution in [3.05, 3.63) is 156 Å². The highest BCUT2D eigenvalue weighted by molar-refractivity contribution is 7.86. The van der Waals surface area contributed by atoms with E-state index in [2.05, 4.69) is 11.9 Å². The van der Waals surface area contributed by atoms with Crippen molar-refractivity contribution < 1.29 is 36.3 Å². The third kappa shape index (κ3) is 15.2. The highest BCUT2D eigenvalue weighted by Gasteiger charge is 2.45. The summed E-state index contributed by atoms with van der Waals surface area (Å²) in [4.78, 5) is 13.4. The Morgan fingerprint density at radius 1 is 0.679 bits per heavy atom. The summed E-state index contributed by atoms with van der Waals surface area (Å²) in [5.74, 6) is -0.950. The van der Waals surface area contributed by atoms with E-state index in [-0.39, 0.29) is 39.5 Å². The van der Waals surface area contributed by atoms with Crippen molar-refractivity contribution in [1.82, 2.24) is 5.32 Å². The van der Waals surface area contributed by atoms with Crippen LogP contribution in [-0.2, 0) is 64.5 Å². The minimum atomic E-state index is -4.15. The summed E-state index contributed by atoms with van der Waals surface area (Å²) in [5, 5.41) is 2.77. The molecular weight excluding hydrogens is 761 g/mol. The van der Waals surface area contributed by atoms with Crippen molar-refractivity contribution in [2.75, 3.05) is 12.9 Å². The summed E-state index contributed by atoms with van der Waals surface area (Å²) in [6.07, 6.45) is -1.97. The van der Waals surface area contributed by atoms with Crippen LogP contribution in [0.2, 0.25) is 0 Å². The summed E-state index contributed by atoms with van der Waals surface area (Å²) in [7, 11) is -4.15. The van der Waals surface area contributed by atoms with E-state index in [9.17, 15) is 13.2 Å². The van der Waals surface area contributed by atoms with E-state index in [4.69, 9.17) is 57.9 Å². The molecule has 0 bridgehead atoms.